The number of hydrazine groups is 1. The van der Waals surface area contributed by atoms with E-state index in [4.69, 9.17) is 4.74 Å². The molecule has 0 bridgehead atoms. The zero-order valence-electron chi connectivity index (χ0n) is 6.39. The van der Waals surface area contributed by atoms with Gasteiger partial charge in [-0.15, -0.1) is 9.59 Å². The zero-order valence-corrected chi connectivity index (χ0v) is 8.03. The lowest BCUT2D eigenvalue weighted by molar-refractivity contribution is -0.0729. The molecule has 1 saturated heterocycles. The molecule has 0 aliphatic carbocycles. The van der Waals surface area contributed by atoms with Crippen molar-refractivity contribution in [1.29, 1.82) is 0 Å². The summed E-state index contributed by atoms with van der Waals surface area (Å²) in [7, 11) is 2.95. The molecule has 6 heteroatoms. The molecule has 0 aromatic carbocycles. The van der Waals surface area contributed by atoms with Gasteiger partial charge in [-0.25, -0.2) is 5.01 Å². The van der Waals surface area contributed by atoms with Gasteiger partial charge in [-0.05, 0) is 0 Å². The minimum Gasteiger partial charge on any atom is -0.379 e. The number of hydrogen-bond donors (Lipinski definition) is 0. The van der Waals surface area contributed by atoms with Crippen LogP contribution in [0.15, 0.2) is 4.47 Å². The lowest BCUT2D eigenvalue weighted by Crippen LogP contribution is -2.44. The molecule has 0 N–H and O–H groups in total. The number of rotatable bonds is 2. The minimum atomic E-state index is 0.780. The Morgan fingerprint density at radius 1 is 1.55 bits per heavy atom. The topological polar surface area (TPSA) is 28.1 Å². The van der Waals surface area contributed by atoms with E-state index in [1.54, 1.807) is 5.12 Å². The van der Waals surface area contributed by atoms with Crippen LogP contribution in [0, 0.1) is 0 Å². The third-order valence-corrected chi connectivity index (χ3v) is 2.05. The first kappa shape index (κ1) is 9.21. The Bertz CT molecular complexity index is 165. The fourth-order valence-electron chi connectivity index (χ4n) is 0.943. The number of morpholine rings is 1. The fourth-order valence-corrected chi connectivity index (χ4v) is 1.43. The van der Waals surface area contributed by atoms with E-state index in [0.29, 0.717) is 0 Å². The van der Waals surface area contributed by atoms with Crippen LogP contribution in [0.2, 0.25) is 0 Å². The van der Waals surface area contributed by atoms with Crippen molar-refractivity contribution in [2.45, 2.75) is 0 Å². The number of ether oxygens (including phenoxy) is 1. The van der Waals surface area contributed by atoms with Gasteiger partial charge in [0.2, 0.25) is 0 Å². The van der Waals surface area contributed by atoms with Crippen LogP contribution in [0.3, 0.4) is 0 Å². The first-order valence-electron chi connectivity index (χ1n) is 3.41. The first-order valence-corrected chi connectivity index (χ1v) is 5.10. The Morgan fingerprint density at radius 2 is 2.18 bits per heavy atom. The van der Waals surface area contributed by atoms with E-state index < -0.39 is 0 Å². The van der Waals surface area contributed by atoms with Crippen molar-refractivity contribution < 1.29 is 4.74 Å². The van der Waals surface area contributed by atoms with E-state index >= 15 is 0 Å². The van der Waals surface area contributed by atoms with E-state index in [0.717, 1.165) is 36.4 Å². The third kappa shape index (κ3) is 2.92. The molecule has 0 unspecified atom stereocenters. The van der Waals surface area contributed by atoms with Crippen molar-refractivity contribution in [3.05, 3.63) is 0 Å². The van der Waals surface area contributed by atoms with Crippen LogP contribution in [0.25, 0.3) is 0 Å². The summed E-state index contributed by atoms with van der Waals surface area (Å²) >= 11 is 4.65. The van der Waals surface area contributed by atoms with Crippen molar-refractivity contribution in [3.63, 3.8) is 0 Å². The Hall–Kier alpha value is 0.120. The molecule has 0 atom stereocenters. The molecule has 11 heavy (non-hydrogen) atoms. The fraction of sp³-hybridized carbons (Fsp3) is 1.00. The SMILES string of the molecule is CN(N=S=S)N1CCOCC1. The quantitative estimate of drug-likeness (QED) is 0.568. The monoisotopic (exact) mass is 193 g/mol. The summed E-state index contributed by atoms with van der Waals surface area (Å²) in [4.78, 5) is 0. The highest BCUT2D eigenvalue weighted by atomic mass is 32.8. The van der Waals surface area contributed by atoms with Crippen LogP contribution < -0.4 is 0 Å². The number of hydrogen-bond acceptors (Lipinski definition) is 4. The second-order valence-electron chi connectivity index (χ2n) is 2.21. The van der Waals surface area contributed by atoms with Gasteiger partial charge in [-0.3, -0.25) is 0 Å². The van der Waals surface area contributed by atoms with Gasteiger partial charge in [0.15, 0.2) is 0 Å². The van der Waals surface area contributed by atoms with Crippen LogP contribution in [0.1, 0.15) is 0 Å². The van der Waals surface area contributed by atoms with Gasteiger partial charge < -0.3 is 4.74 Å². The Morgan fingerprint density at radius 3 is 2.73 bits per heavy atom. The predicted molar refractivity (Wildman–Crippen MR) is 47.3 cm³/mol. The van der Waals surface area contributed by atoms with Crippen LogP contribution >= 0.6 is 0 Å². The van der Waals surface area contributed by atoms with Crippen molar-refractivity contribution in [2.24, 2.45) is 4.47 Å². The van der Waals surface area contributed by atoms with Gasteiger partial charge in [0, 0.05) is 41.4 Å². The molecule has 0 radical (unpaired) electrons. The summed E-state index contributed by atoms with van der Waals surface area (Å²) in [5.74, 6) is 0. The molecule has 0 saturated carbocycles. The summed E-state index contributed by atoms with van der Waals surface area (Å²) in [6.45, 7) is 3.36. The van der Waals surface area contributed by atoms with E-state index in [9.17, 15) is 0 Å². The minimum absolute atomic E-state index is 0.780. The maximum Gasteiger partial charge on any atom is 0.0608 e. The van der Waals surface area contributed by atoms with Crippen molar-refractivity contribution >= 4 is 21.3 Å². The Labute approximate surface area is 74.4 Å². The van der Waals surface area contributed by atoms with Gasteiger partial charge in [-0.1, -0.05) is 0 Å². The molecule has 0 amide bonds. The van der Waals surface area contributed by atoms with Gasteiger partial charge in [0.25, 0.3) is 0 Å². The molecule has 64 valence electrons. The van der Waals surface area contributed by atoms with Crippen molar-refractivity contribution in [1.82, 2.24) is 10.1 Å². The van der Waals surface area contributed by atoms with Crippen molar-refractivity contribution in [3.8, 4) is 0 Å². The largest absolute Gasteiger partial charge is 0.379 e. The van der Waals surface area contributed by atoms with Crippen LogP contribution in [-0.2, 0) is 26.0 Å². The standard InChI is InChI=1S/C5H11N3OS2/c1-7(6-11-10)8-2-4-9-5-3-8/h2-5H2,1H3. The van der Waals surface area contributed by atoms with Gasteiger partial charge in [0.05, 0.1) is 13.2 Å². The van der Waals surface area contributed by atoms with Crippen LogP contribution in [0.5, 0.6) is 0 Å². The summed E-state index contributed by atoms with van der Waals surface area (Å²) in [5.41, 5.74) is 0. The van der Waals surface area contributed by atoms with E-state index in [-0.39, 0.29) is 0 Å². The lowest BCUT2D eigenvalue weighted by Gasteiger charge is -2.30. The normalized spacial score (nSPS) is 20.2. The Balaban J connectivity index is 2.38. The summed E-state index contributed by atoms with van der Waals surface area (Å²) in [5, 5.41) is 3.88. The average Bonchev–Trinajstić information content (AvgIpc) is 2.07. The molecule has 1 aliphatic rings. The summed E-state index contributed by atoms with van der Waals surface area (Å²) < 4.78 is 9.17. The third-order valence-electron chi connectivity index (χ3n) is 1.55. The molecular formula is C5H11N3OS2. The Kier molecular flexibility index (Phi) is 4.09. The van der Waals surface area contributed by atoms with Gasteiger partial charge in [0.1, 0.15) is 0 Å². The molecule has 1 fully saturated rings. The van der Waals surface area contributed by atoms with Crippen LogP contribution in [0.4, 0.5) is 0 Å². The molecule has 0 spiro atoms. The summed E-state index contributed by atoms with van der Waals surface area (Å²) in [6.07, 6.45) is 0. The second-order valence-corrected chi connectivity index (χ2v) is 2.97. The van der Waals surface area contributed by atoms with Crippen molar-refractivity contribution in [2.75, 3.05) is 33.4 Å². The first-order chi connectivity index (χ1) is 5.34. The molecule has 1 aliphatic heterocycles. The van der Waals surface area contributed by atoms with E-state index in [1.807, 2.05) is 7.05 Å². The van der Waals surface area contributed by atoms with E-state index in [2.05, 4.69) is 20.7 Å². The van der Waals surface area contributed by atoms with Gasteiger partial charge >= 0.3 is 0 Å². The van der Waals surface area contributed by atoms with Gasteiger partial charge in [-0.2, -0.15) is 0 Å². The lowest BCUT2D eigenvalue weighted by atomic mass is 10.5. The highest BCUT2D eigenvalue weighted by molar-refractivity contribution is 8.12. The van der Waals surface area contributed by atoms with E-state index in [1.165, 1.54) is 0 Å². The molecule has 1 rings (SSSR count). The highest BCUT2D eigenvalue weighted by Crippen LogP contribution is 1.99. The molecular weight excluding hydrogens is 182 g/mol. The average molecular weight is 193 g/mol. The maximum absolute atomic E-state index is 5.19. The number of nitrogens with zero attached hydrogens (tertiary/aromatic N) is 3. The second kappa shape index (κ2) is 4.89. The van der Waals surface area contributed by atoms with Crippen LogP contribution in [-0.4, -0.2) is 43.5 Å². The molecule has 0 aromatic rings. The highest BCUT2D eigenvalue weighted by Gasteiger charge is 2.13. The maximum atomic E-state index is 5.19. The molecule has 4 nitrogen and oxygen atoms in total. The summed E-state index contributed by atoms with van der Waals surface area (Å²) in [6, 6.07) is 0. The molecule has 0 aromatic heterocycles. The smallest absolute Gasteiger partial charge is 0.0608 e. The molecule has 1 heterocycles. The predicted octanol–water partition coefficient (Wildman–Crippen LogP) is -0.192. The zero-order chi connectivity index (χ0) is 8.10.